The van der Waals surface area contributed by atoms with Crippen LogP contribution in [0.5, 0.6) is 0 Å². The van der Waals surface area contributed by atoms with Crippen molar-refractivity contribution in [2.45, 2.75) is 25.3 Å². The second-order valence-electron chi connectivity index (χ2n) is 3.49. The summed E-state index contributed by atoms with van der Waals surface area (Å²) in [6, 6.07) is 4.82. The molecule has 1 N–H and O–H groups in total. The van der Waals surface area contributed by atoms with Crippen molar-refractivity contribution in [3.63, 3.8) is 0 Å². The van der Waals surface area contributed by atoms with E-state index in [4.69, 9.17) is 23.2 Å². The van der Waals surface area contributed by atoms with E-state index in [9.17, 15) is 4.39 Å². The molecule has 1 atom stereocenters. The van der Waals surface area contributed by atoms with Crippen LogP contribution in [-0.2, 0) is 6.54 Å². The molecule has 0 aliphatic rings. The summed E-state index contributed by atoms with van der Waals surface area (Å²) in [5.41, 5.74) is 0.888. The summed E-state index contributed by atoms with van der Waals surface area (Å²) >= 11 is 11.4. The topological polar surface area (TPSA) is 12.0 Å². The Morgan fingerprint density at radius 1 is 1.47 bits per heavy atom. The lowest BCUT2D eigenvalue weighted by atomic mass is 10.2. The summed E-state index contributed by atoms with van der Waals surface area (Å²) in [6.07, 6.45) is 0.900. The number of rotatable bonds is 5. The van der Waals surface area contributed by atoms with Gasteiger partial charge in [-0.2, -0.15) is 0 Å². The van der Waals surface area contributed by atoms with Crippen LogP contribution in [0.2, 0.25) is 5.02 Å². The number of hydrogen-bond acceptors (Lipinski definition) is 1. The van der Waals surface area contributed by atoms with Gasteiger partial charge >= 0.3 is 0 Å². The highest BCUT2D eigenvalue weighted by atomic mass is 35.5. The molecular weight excluding hydrogens is 236 g/mol. The zero-order valence-electron chi connectivity index (χ0n) is 8.56. The van der Waals surface area contributed by atoms with Crippen LogP contribution >= 0.6 is 23.2 Å². The third-order valence-electron chi connectivity index (χ3n) is 2.03. The Labute approximate surface area is 99.6 Å². The average Bonchev–Trinajstić information content (AvgIpc) is 2.18. The highest BCUT2D eigenvalue weighted by molar-refractivity contribution is 6.30. The van der Waals surface area contributed by atoms with E-state index in [-0.39, 0.29) is 16.2 Å². The van der Waals surface area contributed by atoms with Gasteiger partial charge in [0.25, 0.3) is 0 Å². The van der Waals surface area contributed by atoms with Gasteiger partial charge in [-0.15, -0.1) is 11.6 Å². The lowest BCUT2D eigenvalue weighted by Gasteiger charge is -2.06. The van der Waals surface area contributed by atoms with Crippen LogP contribution < -0.4 is 5.32 Å². The Balaban J connectivity index is 2.35. The van der Waals surface area contributed by atoms with Crippen molar-refractivity contribution in [3.8, 4) is 0 Å². The predicted molar refractivity (Wildman–Crippen MR) is 63.0 cm³/mol. The molecule has 1 nitrogen and oxygen atoms in total. The van der Waals surface area contributed by atoms with E-state index in [1.165, 1.54) is 6.07 Å². The van der Waals surface area contributed by atoms with Gasteiger partial charge in [0, 0.05) is 11.9 Å². The van der Waals surface area contributed by atoms with E-state index in [1.807, 2.05) is 13.0 Å². The summed E-state index contributed by atoms with van der Waals surface area (Å²) in [4.78, 5) is 0. The largest absolute Gasteiger partial charge is 0.313 e. The standard InChI is InChI=1S/C11H14Cl2FN/c1-8(12)4-5-15-7-9-2-3-10(13)11(14)6-9/h2-3,6,8,15H,4-5,7H2,1H3. The van der Waals surface area contributed by atoms with Gasteiger partial charge in [-0.1, -0.05) is 17.7 Å². The molecule has 0 bridgehead atoms. The fourth-order valence-corrected chi connectivity index (χ4v) is 1.41. The predicted octanol–water partition coefficient (Wildman–Crippen LogP) is 3.59. The first-order valence-electron chi connectivity index (χ1n) is 4.88. The smallest absolute Gasteiger partial charge is 0.142 e. The van der Waals surface area contributed by atoms with E-state index in [0.29, 0.717) is 6.54 Å². The molecule has 84 valence electrons. The van der Waals surface area contributed by atoms with Gasteiger partial charge in [0.1, 0.15) is 5.82 Å². The molecule has 0 aliphatic carbocycles. The highest BCUT2D eigenvalue weighted by Gasteiger charge is 2.01. The monoisotopic (exact) mass is 249 g/mol. The molecule has 0 amide bonds. The molecule has 15 heavy (non-hydrogen) atoms. The third-order valence-corrected chi connectivity index (χ3v) is 2.56. The molecule has 0 saturated carbocycles. The Hall–Kier alpha value is -0.310. The van der Waals surface area contributed by atoms with Crippen LogP contribution in [0.1, 0.15) is 18.9 Å². The van der Waals surface area contributed by atoms with E-state index in [2.05, 4.69) is 5.32 Å². The van der Waals surface area contributed by atoms with Gasteiger partial charge in [-0.05, 0) is 37.6 Å². The molecule has 0 radical (unpaired) electrons. The van der Waals surface area contributed by atoms with Gasteiger partial charge in [0.2, 0.25) is 0 Å². The third kappa shape index (κ3) is 4.83. The first kappa shape index (κ1) is 12.8. The quantitative estimate of drug-likeness (QED) is 0.622. The van der Waals surface area contributed by atoms with Crippen molar-refractivity contribution in [2.75, 3.05) is 6.54 Å². The molecule has 0 saturated heterocycles. The van der Waals surface area contributed by atoms with Crippen LogP contribution in [0.4, 0.5) is 4.39 Å². The van der Waals surface area contributed by atoms with Crippen LogP contribution in [0, 0.1) is 5.82 Å². The van der Waals surface area contributed by atoms with E-state index < -0.39 is 0 Å². The molecule has 0 aromatic heterocycles. The summed E-state index contributed by atoms with van der Waals surface area (Å²) < 4.78 is 13.0. The number of alkyl halides is 1. The Kier molecular flexibility index (Phi) is 5.37. The second-order valence-corrected chi connectivity index (χ2v) is 4.65. The molecule has 1 aromatic rings. The first-order valence-corrected chi connectivity index (χ1v) is 5.69. The highest BCUT2D eigenvalue weighted by Crippen LogP contribution is 2.15. The minimum Gasteiger partial charge on any atom is -0.313 e. The summed E-state index contributed by atoms with van der Waals surface area (Å²) in [5, 5.41) is 3.51. The van der Waals surface area contributed by atoms with Crippen LogP contribution in [0.25, 0.3) is 0 Å². The SMILES string of the molecule is CC(Cl)CCNCc1ccc(Cl)c(F)c1. The molecule has 0 heterocycles. The maximum absolute atomic E-state index is 13.0. The normalized spacial score (nSPS) is 12.8. The van der Waals surface area contributed by atoms with Crippen molar-refractivity contribution < 1.29 is 4.39 Å². The Bertz CT molecular complexity index is 315. The average molecular weight is 250 g/mol. The number of hydrogen-bond donors (Lipinski definition) is 1. The zero-order valence-corrected chi connectivity index (χ0v) is 10.1. The van der Waals surface area contributed by atoms with Crippen molar-refractivity contribution in [1.82, 2.24) is 5.32 Å². The maximum atomic E-state index is 13.0. The van der Waals surface area contributed by atoms with Gasteiger partial charge in [0.15, 0.2) is 0 Å². The van der Waals surface area contributed by atoms with E-state index in [0.717, 1.165) is 18.5 Å². The minimum absolute atomic E-state index is 0.160. The lowest BCUT2D eigenvalue weighted by molar-refractivity contribution is 0.615. The van der Waals surface area contributed by atoms with E-state index >= 15 is 0 Å². The van der Waals surface area contributed by atoms with Crippen molar-refractivity contribution in [2.24, 2.45) is 0 Å². The molecule has 1 unspecified atom stereocenters. The fraction of sp³-hybridized carbons (Fsp3) is 0.455. The Morgan fingerprint density at radius 3 is 2.80 bits per heavy atom. The van der Waals surface area contributed by atoms with Gasteiger partial charge in [0.05, 0.1) is 5.02 Å². The fourth-order valence-electron chi connectivity index (χ4n) is 1.18. The maximum Gasteiger partial charge on any atom is 0.142 e. The summed E-state index contributed by atoms with van der Waals surface area (Å²) in [7, 11) is 0. The zero-order chi connectivity index (χ0) is 11.3. The number of halogens is 3. The summed E-state index contributed by atoms with van der Waals surface area (Å²) in [5.74, 6) is -0.373. The van der Waals surface area contributed by atoms with Crippen molar-refractivity contribution >= 4 is 23.2 Å². The van der Waals surface area contributed by atoms with Crippen LogP contribution in [0.3, 0.4) is 0 Å². The molecule has 1 rings (SSSR count). The van der Waals surface area contributed by atoms with E-state index in [1.54, 1.807) is 6.07 Å². The van der Waals surface area contributed by atoms with Crippen LogP contribution in [0.15, 0.2) is 18.2 Å². The molecule has 0 fully saturated rings. The lowest BCUT2D eigenvalue weighted by Crippen LogP contribution is -2.17. The number of benzene rings is 1. The molecule has 0 aliphatic heterocycles. The molecule has 4 heteroatoms. The van der Waals surface area contributed by atoms with Crippen LogP contribution in [-0.4, -0.2) is 11.9 Å². The number of nitrogens with one attached hydrogen (secondary N) is 1. The van der Waals surface area contributed by atoms with Gasteiger partial charge < -0.3 is 5.32 Å². The van der Waals surface area contributed by atoms with Gasteiger partial charge in [-0.3, -0.25) is 0 Å². The Morgan fingerprint density at radius 2 is 2.20 bits per heavy atom. The second kappa shape index (κ2) is 6.31. The molecular formula is C11H14Cl2FN. The van der Waals surface area contributed by atoms with Crippen molar-refractivity contribution in [1.29, 1.82) is 0 Å². The van der Waals surface area contributed by atoms with Crippen molar-refractivity contribution in [3.05, 3.63) is 34.6 Å². The molecule has 1 aromatic carbocycles. The summed E-state index contributed by atoms with van der Waals surface area (Å²) in [6.45, 7) is 3.41. The van der Waals surface area contributed by atoms with Gasteiger partial charge in [-0.25, -0.2) is 4.39 Å². The molecule has 0 spiro atoms. The minimum atomic E-state index is -0.373. The first-order chi connectivity index (χ1) is 7.09.